The summed E-state index contributed by atoms with van der Waals surface area (Å²) in [7, 11) is 0. The molecule has 1 aliphatic carbocycles. The summed E-state index contributed by atoms with van der Waals surface area (Å²) >= 11 is 0. The van der Waals surface area contributed by atoms with E-state index in [9.17, 15) is 4.79 Å². The van der Waals surface area contributed by atoms with Gasteiger partial charge in [-0.1, -0.05) is 26.0 Å². The van der Waals surface area contributed by atoms with Crippen molar-refractivity contribution in [3.05, 3.63) is 12.2 Å². The first-order chi connectivity index (χ1) is 6.70. The first-order valence-corrected chi connectivity index (χ1v) is 5.36. The summed E-state index contributed by atoms with van der Waals surface area (Å²) in [6.07, 6.45) is 5.97. The van der Waals surface area contributed by atoms with Gasteiger partial charge < -0.3 is 10.6 Å². The second-order valence-electron chi connectivity index (χ2n) is 4.04. The van der Waals surface area contributed by atoms with Gasteiger partial charge in [-0.05, 0) is 12.8 Å². The van der Waals surface area contributed by atoms with Crippen molar-refractivity contribution in [2.24, 2.45) is 5.92 Å². The topological polar surface area (TPSA) is 41.1 Å². The average Bonchev–Trinajstić information content (AvgIpc) is 2.64. The molecule has 0 fully saturated rings. The van der Waals surface area contributed by atoms with Gasteiger partial charge in [0.25, 0.3) is 0 Å². The van der Waals surface area contributed by atoms with E-state index in [-0.39, 0.29) is 11.8 Å². The van der Waals surface area contributed by atoms with Gasteiger partial charge in [0.15, 0.2) is 0 Å². The van der Waals surface area contributed by atoms with E-state index in [1.807, 2.05) is 0 Å². The Morgan fingerprint density at radius 2 is 2.00 bits per heavy atom. The van der Waals surface area contributed by atoms with Crippen molar-refractivity contribution in [2.45, 2.75) is 32.7 Å². The van der Waals surface area contributed by atoms with Gasteiger partial charge in [0.1, 0.15) is 0 Å². The minimum absolute atomic E-state index is 0.189. The van der Waals surface area contributed by atoms with Gasteiger partial charge in [0, 0.05) is 25.0 Å². The minimum atomic E-state index is 0.189. The second kappa shape index (κ2) is 5.81. The lowest BCUT2D eigenvalue weighted by Crippen LogP contribution is -2.37. The monoisotopic (exact) mass is 196 g/mol. The predicted molar refractivity (Wildman–Crippen MR) is 58.0 cm³/mol. The predicted octanol–water partition coefficient (Wildman–Crippen LogP) is 1.07. The van der Waals surface area contributed by atoms with Crippen LogP contribution in [0.5, 0.6) is 0 Å². The Bertz CT molecular complexity index is 203. The Kier molecular flexibility index (Phi) is 4.66. The van der Waals surface area contributed by atoms with Gasteiger partial charge in [-0.15, -0.1) is 0 Å². The van der Waals surface area contributed by atoms with Crippen molar-refractivity contribution in [3.63, 3.8) is 0 Å². The van der Waals surface area contributed by atoms with Crippen LogP contribution in [0.4, 0.5) is 0 Å². The van der Waals surface area contributed by atoms with Crippen LogP contribution in [0.1, 0.15) is 26.7 Å². The summed E-state index contributed by atoms with van der Waals surface area (Å²) in [5, 5.41) is 6.20. The zero-order chi connectivity index (χ0) is 10.4. The van der Waals surface area contributed by atoms with E-state index >= 15 is 0 Å². The molecule has 80 valence electrons. The molecule has 1 amide bonds. The molecule has 0 aromatic rings. The van der Waals surface area contributed by atoms with E-state index in [4.69, 9.17) is 0 Å². The fourth-order valence-corrected chi connectivity index (χ4v) is 1.52. The van der Waals surface area contributed by atoms with Crippen LogP contribution in [0.15, 0.2) is 12.2 Å². The molecule has 1 aliphatic rings. The van der Waals surface area contributed by atoms with Gasteiger partial charge in [-0.2, -0.15) is 0 Å². The first-order valence-electron chi connectivity index (χ1n) is 5.36. The van der Waals surface area contributed by atoms with Gasteiger partial charge in [0.05, 0.1) is 0 Å². The lowest BCUT2D eigenvalue weighted by atomic mass is 10.1. The zero-order valence-corrected chi connectivity index (χ0v) is 9.05. The Morgan fingerprint density at radius 3 is 2.57 bits per heavy atom. The van der Waals surface area contributed by atoms with Crippen LogP contribution in [0.2, 0.25) is 0 Å². The Hall–Kier alpha value is -0.830. The molecule has 0 aromatic heterocycles. The highest BCUT2D eigenvalue weighted by atomic mass is 16.1. The van der Waals surface area contributed by atoms with Crippen molar-refractivity contribution in [1.29, 1.82) is 0 Å². The van der Waals surface area contributed by atoms with Crippen LogP contribution in [0.25, 0.3) is 0 Å². The van der Waals surface area contributed by atoms with E-state index in [0.717, 1.165) is 25.9 Å². The van der Waals surface area contributed by atoms with Gasteiger partial charge in [-0.3, -0.25) is 4.79 Å². The molecule has 0 radical (unpaired) electrons. The summed E-state index contributed by atoms with van der Waals surface area (Å²) in [6, 6.07) is 0.486. The summed E-state index contributed by atoms with van der Waals surface area (Å²) in [6.45, 7) is 5.78. The zero-order valence-electron chi connectivity index (χ0n) is 9.05. The number of nitrogens with one attached hydrogen (secondary N) is 2. The fraction of sp³-hybridized carbons (Fsp3) is 0.727. The van der Waals surface area contributed by atoms with Crippen LogP contribution >= 0.6 is 0 Å². The van der Waals surface area contributed by atoms with Crippen LogP contribution in [0, 0.1) is 5.92 Å². The number of hydrogen-bond acceptors (Lipinski definition) is 2. The van der Waals surface area contributed by atoms with E-state index < -0.39 is 0 Å². The van der Waals surface area contributed by atoms with Crippen molar-refractivity contribution in [2.75, 3.05) is 13.1 Å². The Balaban J connectivity index is 2.03. The number of rotatable bonds is 5. The van der Waals surface area contributed by atoms with E-state index in [0.29, 0.717) is 6.04 Å². The molecule has 0 saturated carbocycles. The maximum Gasteiger partial charge on any atom is 0.223 e. The molecule has 0 aliphatic heterocycles. The number of carbonyl (C=O) groups excluding carboxylic acids is 1. The summed E-state index contributed by atoms with van der Waals surface area (Å²) in [4.78, 5) is 11.5. The molecular weight excluding hydrogens is 176 g/mol. The summed E-state index contributed by atoms with van der Waals surface area (Å²) < 4.78 is 0. The SMILES string of the molecule is CC(C)NCCNC(=O)C1CC=CC1. The lowest BCUT2D eigenvalue weighted by molar-refractivity contribution is -0.124. The normalized spacial score (nSPS) is 16.5. The molecular formula is C11H20N2O. The molecule has 3 nitrogen and oxygen atoms in total. The Morgan fingerprint density at radius 1 is 1.36 bits per heavy atom. The number of hydrogen-bond donors (Lipinski definition) is 2. The van der Waals surface area contributed by atoms with Crippen molar-refractivity contribution in [1.82, 2.24) is 10.6 Å². The molecule has 2 N–H and O–H groups in total. The maximum atomic E-state index is 11.5. The highest BCUT2D eigenvalue weighted by Crippen LogP contribution is 2.17. The largest absolute Gasteiger partial charge is 0.355 e. The third-order valence-corrected chi connectivity index (χ3v) is 2.36. The van der Waals surface area contributed by atoms with E-state index in [1.54, 1.807) is 0 Å². The third kappa shape index (κ3) is 3.92. The highest BCUT2D eigenvalue weighted by Gasteiger charge is 2.17. The molecule has 0 spiro atoms. The molecule has 0 bridgehead atoms. The quantitative estimate of drug-likeness (QED) is 0.510. The van der Waals surface area contributed by atoms with Crippen LogP contribution in [-0.4, -0.2) is 25.0 Å². The van der Waals surface area contributed by atoms with E-state index in [1.165, 1.54) is 0 Å². The van der Waals surface area contributed by atoms with Crippen molar-refractivity contribution in [3.8, 4) is 0 Å². The van der Waals surface area contributed by atoms with Gasteiger partial charge in [0.2, 0.25) is 5.91 Å². The average molecular weight is 196 g/mol. The molecule has 3 heteroatoms. The van der Waals surface area contributed by atoms with Crippen molar-refractivity contribution < 1.29 is 4.79 Å². The van der Waals surface area contributed by atoms with E-state index in [2.05, 4.69) is 36.6 Å². The second-order valence-corrected chi connectivity index (χ2v) is 4.04. The number of amides is 1. The fourth-order valence-electron chi connectivity index (χ4n) is 1.52. The molecule has 0 saturated heterocycles. The smallest absolute Gasteiger partial charge is 0.223 e. The van der Waals surface area contributed by atoms with Gasteiger partial charge in [-0.25, -0.2) is 0 Å². The van der Waals surface area contributed by atoms with Gasteiger partial charge >= 0.3 is 0 Å². The van der Waals surface area contributed by atoms with Crippen LogP contribution < -0.4 is 10.6 Å². The maximum absolute atomic E-state index is 11.5. The first kappa shape index (κ1) is 11.2. The molecule has 0 atom stereocenters. The van der Waals surface area contributed by atoms with Crippen LogP contribution in [-0.2, 0) is 4.79 Å². The highest BCUT2D eigenvalue weighted by molar-refractivity contribution is 5.79. The van der Waals surface area contributed by atoms with Crippen LogP contribution in [0.3, 0.4) is 0 Å². The molecule has 0 heterocycles. The molecule has 1 rings (SSSR count). The molecule has 14 heavy (non-hydrogen) atoms. The summed E-state index contributed by atoms with van der Waals surface area (Å²) in [5.74, 6) is 0.384. The Labute approximate surface area is 86.0 Å². The lowest BCUT2D eigenvalue weighted by Gasteiger charge is -2.12. The standard InChI is InChI=1S/C11H20N2O/c1-9(2)12-7-8-13-11(14)10-5-3-4-6-10/h3-4,9-10,12H,5-8H2,1-2H3,(H,13,14). The minimum Gasteiger partial charge on any atom is -0.355 e. The third-order valence-electron chi connectivity index (χ3n) is 2.36. The number of allylic oxidation sites excluding steroid dienone is 2. The number of carbonyl (C=O) groups is 1. The summed E-state index contributed by atoms with van der Waals surface area (Å²) in [5.41, 5.74) is 0. The van der Waals surface area contributed by atoms with Crippen molar-refractivity contribution >= 4 is 5.91 Å². The molecule has 0 unspecified atom stereocenters. The molecule has 0 aromatic carbocycles.